The Balaban J connectivity index is 1.93. The summed E-state index contributed by atoms with van der Waals surface area (Å²) in [6, 6.07) is 18.3. The summed E-state index contributed by atoms with van der Waals surface area (Å²) < 4.78 is 34.5. The van der Waals surface area contributed by atoms with E-state index in [9.17, 15) is 13.2 Å². The van der Waals surface area contributed by atoms with E-state index in [4.69, 9.17) is 16.3 Å². The van der Waals surface area contributed by atoms with Crippen molar-refractivity contribution in [2.45, 2.75) is 51.0 Å². The highest BCUT2D eigenvalue weighted by atomic mass is 35.5. The topological polar surface area (TPSA) is 84.5 Å². The van der Waals surface area contributed by atoms with Crippen LogP contribution in [0.5, 0.6) is 5.75 Å². The summed E-state index contributed by atoms with van der Waals surface area (Å²) in [6.07, 6.45) is 0.180. The lowest BCUT2D eigenvalue weighted by atomic mass is 9.97. The zero-order chi connectivity index (χ0) is 25.6. The van der Waals surface area contributed by atoms with E-state index in [0.717, 1.165) is 16.7 Å². The van der Waals surface area contributed by atoms with Gasteiger partial charge in [0.2, 0.25) is 15.9 Å². The zero-order valence-corrected chi connectivity index (χ0v) is 21.9. The Morgan fingerprint density at radius 3 is 2.37 bits per heavy atom. The van der Waals surface area contributed by atoms with Gasteiger partial charge < -0.3 is 10.1 Å². The maximum absolute atomic E-state index is 13.5. The van der Waals surface area contributed by atoms with Gasteiger partial charge in [0, 0.05) is 5.69 Å². The van der Waals surface area contributed by atoms with Gasteiger partial charge in [0.15, 0.2) is 0 Å². The van der Waals surface area contributed by atoms with E-state index in [1.165, 1.54) is 18.2 Å². The molecule has 3 rings (SSSR count). The van der Waals surface area contributed by atoms with Crippen molar-refractivity contribution in [1.82, 2.24) is 4.72 Å². The molecular formula is C27H31ClN2O4S. The molecule has 3 aromatic rings. The van der Waals surface area contributed by atoms with Gasteiger partial charge in [-0.1, -0.05) is 74.0 Å². The molecule has 0 heterocycles. The number of sulfonamides is 1. The second kappa shape index (κ2) is 11.7. The minimum absolute atomic E-state index is 0.0458. The predicted octanol–water partition coefficient (Wildman–Crippen LogP) is 5.70. The predicted molar refractivity (Wildman–Crippen MR) is 141 cm³/mol. The lowest BCUT2D eigenvalue weighted by Gasteiger charge is -2.22. The third-order valence-electron chi connectivity index (χ3n) is 5.59. The Morgan fingerprint density at radius 2 is 1.74 bits per heavy atom. The normalized spacial score (nSPS) is 12.4. The molecule has 2 N–H and O–H groups in total. The second-order valence-corrected chi connectivity index (χ2v) is 10.7. The molecule has 0 spiro atoms. The number of aryl methyl sites for hydroxylation is 1. The van der Waals surface area contributed by atoms with Crippen LogP contribution < -0.4 is 14.8 Å². The Kier molecular flexibility index (Phi) is 8.94. The van der Waals surface area contributed by atoms with Crippen molar-refractivity contribution in [3.8, 4) is 5.75 Å². The molecule has 0 aliphatic heterocycles. The van der Waals surface area contributed by atoms with Crippen molar-refractivity contribution in [3.63, 3.8) is 0 Å². The SMILES string of the molecule is CCOc1ccc(S(=O)(=O)N[C@H](Cc2ccccc2)C(=O)Nc2c(C)cccc2C(C)C)cc1Cl. The number of para-hydroxylation sites is 1. The number of carbonyl (C=O) groups is 1. The van der Waals surface area contributed by atoms with E-state index in [1.54, 1.807) is 0 Å². The first-order valence-corrected chi connectivity index (χ1v) is 13.4. The van der Waals surface area contributed by atoms with Crippen molar-refractivity contribution in [3.05, 3.63) is 88.4 Å². The van der Waals surface area contributed by atoms with E-state index < -0.39 is 22.0 Å². The highest BCUT2D eigenvalue weighted by Gasteiger charge is 2.28. The first-order valence-electron chi connectivity index (χ1n) is 11.5. The molecule has 6 nitrogen and oxygen atoms in total. The first kappa shape index (κ1) is 26.7. The zero-order valence-electron chi connectivity index (χ0n) is 20.3. The summed E-state index contributed by atoms with van der Waals surface area (Å²) in [6.45, 7) is 8.23. The van der Waals surface area contributed by atoms with Crippen molar-refractivity contribution in [2.75, 3.05) is 11.9 Å². The Bertz CT molecular complexity index is 1280. The molecule has 8 heteroatoms. The molecule has 3 aromatic carbocycles. The summed E-state index contributed by atoms with van der Waals surface area (Å²) in [5, 5.41) is 3.16. The average Bonchev–Trinajstić information content (AvgIpc) is 2.81. The summed E-state index contributed by atoms with van der Waals surface area (Å²) in [5.74, 6) is 0.138. The van der Waals surface area contributed by atoms with Gasteiger partial charge in [-0.3, -0.25) is 4.79 Å². The highest BCUT2D eigenvalue weighted by molar-refractivity contribution is 7.89. The molecule has 1 amide bonds. The van der Waals surface area contributed by atoms with Gasteiger partial charge in [-0.15, -0.1) is 0 Å². The fourth-order valence-electron chi connectivity index (χ4n) is 3.77. The molecule has 1 atom stereocenters. The van der Waals surface area contributed by atoms with E-state index in [-0.39, 0.29) is 22.3 Å². The van der Waals surface area contributed by atoms with E-state index in [1.807, 2.05) is 76.2 Å². The van der Waals surface area contributed by atoms with Crippen LogP contribution in [-0.4, -0.2) is 27.0 Å². The van der Waals surface area contributed by atoms with E-state index in [2.05, 4.69) is 10.0 Å². The third kappa shape index (κ3) is 6.84. The number of anilines is 1. The maximum Gasteiger partial charge on any atom is 0.242 e. The van der Waals surface area contributed by atoms with Crippen molar-refractivity contribution < 1.29 is 17.9 Å². The molecule has 0 aromatic heterocycles. The lowest BCUT2D eigenvalue weighted by Crippen LogP contribution is -2.45. The first-order chi connectivity index (χ1) is 16.6. The number of nitrogens with one attached hydrogen (secondary N) is 2. The van der Waals surface area contributed by atoms with Gasteiger partial charge in [0.25, 0.3) is 0 Å². The number of hydrogen-bond donors (Lipinski definition) is 2. The minimum atomic E-state index is -4.06. The summed E-state index contributed by atoms with van der Waals surface area (Å²) in [7, 11) is -4.06. The number of rotatable bonds is 10. The molecule has 0 aliphatic rings. The third-order valence-corrected chi connectivity index (χ3v) is 7.35. The van der Waals surface area contributed by atoms with E-state index >= 15 is 0 Å². The molecule has 0 fully saturated rings. The molecular weight excluding hydrogens is 484 g/mol. The maximum atomic E-state index is 13.5. The standard InChI is InChI=1S/C27H31ClN2O4S/c1-5-34-25-15-14-21(17-23(25)28)35(32,33)30-24(16-20-11-7-6-8-12-20)27(31)29-26-19(4)10-9-13-22(26)18(2)3/h6-15,17-18,24,30H,5,16H2,1-4H3,(H,29,31)/t24-/m1/s1. The number of ether oxygens (including phenoxy) is 1. The quantitative estimate of drug-likeness (QED) is 0.363. The average molecular weight is 515 g/mol. The van der Waals surface area contributed by atoms with Gasteiger partial charge in [0.05, 0.1) is 16.5 Å². The Labute approximate surface area is 212 Å². The summed E-state index contributed by atoms with van der Waals surface area (Å²) in [5.41, 5.74) is 3.42. The van der Waals surface area contributed by atoms with E-state index in [0.29, 0.717) is 18.0 Å². The van der Waals surface area contributed by atoms with Crippen LogP contribution in [0.4, 0.5) is 5.69 Å². The second-order valence-electron chi connectivity index (χ2n) is 8.57. The lowest BCUT2D eigenvalue weighted by molar-refractivity contribution is -0.117. The highest BCUT2D eigenvalue weighted by Crippen LogP contribution is 2.29. The van der Waals surface area contributed by atoms with Crippen LogP contribution in [0.1, 0.15) is 43.4 Å². The monoisotopic (exact) mass is 514 g/mol. The van der Waals surface area contributed by atoms with Gasteiger partial charge in [-0.05, 0) is 61.1 Å². The largest absolute Gasteiger partial charge is 0.492 e. The van der Waals surface area contributed by atoms with Crippen molar-refractivity contribution in [1.29, 1.82) is 0 Å². The minimum Gasteiger partial charge on any atom is -0.492 e. The number of amides is 1. The van der Waals surface area contributed by atoms with Crippen LogP contribution in [0.2, 0.25) is 5.02 Å². The molecule has 0 radical (unpaired) electrons. The number of benzene rings is 3. The Morgan fingerprint density at radius 1 is 1.03 bits per heavy atom. The van der Waals surface area contributed by atoms with Gasteiger partial charge in [0.1, 0.15) is 11.8 Å². The van der Waals surface area contributed by atoms with Crippen LogP contribution >= 0.6 is 11.6 Å². The number of halogens is 1. The molecule has 0 bridgehead atoms. The van der Waals surface area contributed by atoms with Crippen molar-refractivity contribution >= 4 is 33.2 Å². The van der Waals surface area contributed by atoms with Gasteiger partial charge in [-0.2, -0.15) is 4.72 Å². The smallest absolute Gasteiger partial charge is 0.242 e. The van der Waals surface area contributed by atoms with Crippen molar-refractivity contribution in [2.24, 2.45) is 0 Å². The number of carbonyl (C=O) groups excluding carboxylic acids is 1. The molecule has 0 saturated carbocycles. The summed E-state index contributed by atoms with van der Waals surface area (Å²) >= 11 is 6.22. The molecule has 0 saturated heterocycles. The van der Waals surface area contributed by atoms with Crippen LogP contribution in [0.15, 0.2) is 71.6 Å². The molecule has 186 valence electrons. The number of hydrogen-bond acceptors (Lipinski definition) is 4. The Hall–Kier alpha value is -2.87. The summed E-state index contributed by atoms with van der Waals surface area (Å²) in [4.78, 5) is 13.4. The van der Waals surface area contributed by atoms with Crippen LogP contribution in [0, 0.1) is 6.92 Å². The molecule has 0 aliphatic carbocycles. The van der Waals surface area contributed by atoms with Gasteiger partial charge in [-0.25, -0.2) is 8.42 Å². The fourth-order valence-corrected chi connectivity index (χ4v) is 5.29. The van der Waals surface area contributed by atoms with Gasteiger partial charge >= 0.3 is 0 Å². The van der Waals surface area contributed by atoms with Crippen LogP contribution in [0.25, 0.3) is 0 Å². The molecule has 35 heavy (non-hydrogen) atoms. The van der Waals surface area contributed by atoms with Crippen LogP contribution in [0.3, 0.4) is 0 Å². The molecule has 0 unspecified atom stereocenters. The fraction of sp³-hybridized carbons (Fsp3) is 0.296. The van der Waals surface area contributed by atoms with Crippen LogP contribution in [-0.2, 0) is 21.2 Å².